The molecule has 0 radical (unpaired) electrons. The van der Waals surface area contributed by atoms with Crippen LogP contribution in [-0.2, 0) is 16.1 Å². The number of imide groups is 1. The third kappa shape index (κ3) is 7.54. The Morgan fingerprint density at radius 1 is 0.964 bits per heavy atom. The lowest BCUT2D eigenvalue weighted by Gasteiger charge is -2.36. The van der Waals surface area contributed by atoms with Crippen LogP contribution in [0.1, 0.15) is 81.3 Å². The van der Waals surface area contributed by atoms with Crippen molar-refractivity contribution in [2.24, 2.45) is 5.92 Å². The topological polar surface area (TPSA) is 102 Å². The van der Waals surface area contributed by atoms with Crippen LogP contribution in [0.2, 0.25) is 0 Å². The second-order valence-electron chi connectivity index (χ2n) is 15.4. The van der Waals surface area contributed by atoms with E-state index in [0.29, 0.717) is 49.0 Å². The molecule has 2 saturated heterocycles. The molecule has 4 heterocycles. The molecular formula is C45H45FN4O5. The van der Waals surface area contributed by atoms with Crippen LogP contribution >= 0.6 is 0 Å². The minimum Gasteiger partial charge on any atom is -0.508 e. The van der Waals surface area contributed by atoms with Crippen molar-refractivity contribution in [3.05, 3.63) is 124 Å². The number of aromatic hydroxyl groups is 1. The molecule has 3 atom stereocenters. The standard InChI is InChI=1S/C45H45FN4O5/c1-28-5-3-7-31(21-28)37-27-55-41-24-34(51)10-12-36(41)43(37)32-9-13-39(38(46)23-32)49-19-16-30(17-20-49)25-48(2)18-4-6-29-8-11-35-33(22-29)26-50(45(35)54)40-14-15-42(52)47-44(40)53/h3,5,7-13,21-24,30,37,40,43,51H,14-20,25-27H2,1-2H3,(H,47,52,53)/t37?,40?,43-/m1/s1. The first kappa shape index (κ1) is 36.3. The first-order chi connectivity index (χ1) is 26.6. The summed E-state index contributed by atoms with van der Waals surface area (Å²) >= 11 is 0. The highest BCUT2D eigenvalue weighted by atomic mass is 19.1. The first-order valence-corrected chi connectivity index (χ1v) is 19.1. The van der Waals surface area contributed by atoms with E-state index in [1.165, 1.54) is 0 Å². The molecule has 2 unspecified atom stereocenters. The zero-order valence-corrected chi connectivity index (χ0v) is 31.2. The van der Waals surface area contributed by atoms with Crippen molar-refractivity contribution in [1.82, 2.24) is 15.1 Å². The molecule has 4 aliphatic heterocycles. The number of carbonyl (C=O) groups excluding carboxylic acids is 3. The Kier molecular flexibility index (Phi) is 10.1. The van der Waals surface area contributed by atoms with E-state index in [0.717, 1.165) is 65.9 Å². The van der Waals surface area contributed by atoms with Crippen LogP contribution in [0.15, 0.2) is 78.9 Å². The van der Waals surface area contributed by atoms with Crippen LogP contribution < -0.4 is 15.0 Å². The largest absolute Gasteiger partial charge is 0.508 e. The number of hydrogen-bond acceptors (Lipinski definition) is 7. The number of nitrogens with zero attached hydrogens (tertiary/aromatic N) is 3. The summed E-state index contributed by atoms with van der Waals surface area (Å²) in [6, 6.07) is 24.2. The number of benzene rings is 4. The number of anilines is 1. The van der Waals surface area contributed by atoms with Gasteiger partial charge in [0.25, 0.3) is 5.91 Å². The predicted octanol–water partition coefficient (Wildman–Crippen LogP) is 6.11. The number of fused-ring (bicyclic) bond motifs is 2. The van der Waals surface area contributed by atoms with Gasteiger partial charge in [-0.15, -0.1) is 0 Å². The molecule has 8 rings (SSSR count). The van der Waals surface area contributed by atoms with Gasteiger partial charge in [0.1, 0.15) is 23.4 Å². The fourth-order valence-corrected chi connectivity index (χ4v) is 8.76. The zero-order chi connectivity index (χ0) is 38.2. The maximum absolute atomic E-state index is 16.1. The molecule has 4 aliphatic rings. The summed E-state index contributed by atoms with van der Waals surface area (Å²) in [5.41, 5.74) is 7.01. The monoisotopic (exact) mass is 740 g/mol. The van der Waals surface area contributed by atoms with Crippen LogP contribution in [-0.4, -0.2) is 78.5 Å². The Hall–Kier alpha value is -5.66. The Morgan fingerprint density at radius 2 is 1.80 bits per heavy atom. The third-order valence-corrected chi connectivity index (χ3v) is 11.6. The first-order valence-electron chi connectivity index (χ1n) is 19.1. The number of ether oxygens (including phenoxy) is 1. The van der Waals surface area contributed by atoms with Crippen molar-refractivity contribution in [3.63, 3.8) is 0 Å². The number of halogens is 1. The number of hydrogen-bond donors (Lipinski definition) is 2. The van der Waals surface area contributed by atoms with Gasteiger partial charge in [0.15, 0.2) is 0 Å². The maximum Gasteiger partial charge on any atom is 0.255 e. The summed E-state index contributed by atoms with van der Waals surface area (Å²) in [6.45, 7) is 5.86. The minimum atomic E-state index is -0.636. The summed E-state index contributed by atoms with van der Waals surface area (Å²) in [7, 11) is 2.07. The molecule has 3 amide bonds. The quantitative estimate of drug-likeness (QED) is 0.174. The summed E-state index contributed by atoms with van der Waals surface area (Å²) in [6.07, 6.45) is 2.47. The van der Waals surface area contributed by atoms with Crippen LogP contribution in [0.25, 0.3) is 0 Å². The highest BCUT2D eigenvalue weighted by Gasteiger charge is 2.39. The van der Waals surface area contributed by atoms with Gasteiger partial charge in [-0.1, -0.05) is 53.8 Å². The van der Waals surface area contributed by atoms with E-state index in [1.54, 1.807) is 29.2 Å². The number of phenols is 1. The number of piperidine rings is 2. The number of nitrogens with one attached hydrogen (secondary N) is 1. The highest BCUT2D eigenvalue weighted by Crippen LogP contribution is 2.47. The van der Waals surface area contributed by atoms with E-state index in [4.69, 9.17) is 4.74 Å². The molecule has 0 spiro atoms. The van der Waals surface area contributed by atoms with E-state index >= 15 is 4.39 Å². The molecule has 4 aromatic rings. The van der Waals surface area contributed by atoms with Gasteiger partial charge in [0.05, 0.1) is 18.8 Å². The van der Waals surface area contributed by atoms with Gasteiger partial charge < -0.3 is 19.6 Å². The number of rotatable bonds is 7. The fourth-order valence-electron chi connectivity index (χ4n) is 8.76. The van der Waals surface area contributed by atoms with Gasteiger partial charge in [-0.25, -0.2) is 4.39 Å². The lowest BCUT2D eigenvalue weighted by Crippen LogP contribution is -2.52. The average Bonchev–Trinajstić information content (AvgIpc) is 3.49. The molecule has 0 saturated carbocycles. The van der Waals surface area contributed by atoms with Crippen molar-refractivity contribution in [2.45, 2.75) is 57.0 Å². The molecule has 10 heteroatoms. The van der Waals surface area contributed by atoms with Crippen LogP contribution in [0, 0.1) is 30.5 Å². The number of aryl methyl sites for hydroxylation is 1. The van der Waals surface area contributed by atoms with Crippen LogP contribution in [0.4, 0.5) is 10.1 Å². The molecule has 4 aromatic carbocycles. The molecule has 9 nitrogen and oxygen atoms in total. The number of carbonyl (C=O) groups is 3. The normalized spacial score (nSPS) is 21.1. The van der Waals surface area contributed by atoms with Gasteiger partial charge in [-0.3, -0.25) is 24.6 Å². The van der Waals surface area contributed by atoms with Crippen LogP contribution in [0.3, 0.4) is 0 Å². The molecule has 282 valence electrons. The molecule has 0 aliphatic carbocycles. The van der Waals surface area contributed by atoms with E-state index < -0.39 is 11.9 Å². The van der Waals surface area contributed by atoms with Crippen molar-refractivity contribution >= 4 is 23.4 Å². The summed E-state index contributed by atoms with van der Waals surface area (Å²) in [5.74, 6) is 6.51. The van der Waals surface area contributed by atoms with E-state index in [9.17, 15) is 19.5 Å². The second-order valence-corrected chi connectivity index (χ2v) is 15.4. The van der Waals surface area contributed by atoms with Gasteiger partial charge in [0, 0.05) is 67.2 Å². The van der Waals surface area contributed by atoms with Crippen LogP contribution in [0.5, 0.6) is 11.5 Å². The summed E-state index contributed by atoms with van der Waals surface area (Å²) in [4.78, 5) is 42.9. The molecule has 0 aromatic heterocycles. The lowest BCUT2D eigenvalue weighted by molar-refractivity contribution is -0.136. The Morgan fingerprint density at radius 3 is 2.58 bits per heavy atom. The summed E-state index contributed by atoms with van der Waals surface area (Å²) in [5, 5.41) is 12.5. The zero-order valence-electron chi connectivity index (χ0n) is 31.2. The third-order valence-electron chi connectivity index (χ3n) is 11.6. The van der Waals surface area contributed by atoms with E-state index in [2.05, 4.69) is 71.3 Å². The summed E-state index contributed by atoms with van der Waals surface area (Å²) < 4.78 is 22.2. The van der Waals surface area contributed by atoms with Gasteiger partial charge >= 0.3 is 0 Å². The fraction of sp³-hybridized carbons (Fsp3) is 0.356. The number of phenolic OH excluding ortho intramolecular Hbond substituents is 1. The average molecular weight is 741 g/mol. The Bertz CT molecular complexity index is 2220. The number of amides is 3. The van der Waals surface area contributed by atoms with E-state index in [-0.39, 0.29) is 41.6 Å². The molecule has 2 fully saturated rings. The van der Waals surface area contributed by atoms with Gasteiger partial charge in [0.2, 0.25) is 11.8 Å². The van der Waals surface area contributed by atoms with Crippen molar-refractivity contribution in [3.8, 4) is 23.3 Å². The Balaban J connectivity index is 0.869. The molecular weight excluding hydrogens is 696 g/mol. The maximum atomic E-state index is 16.1. The highest BCUT2D eigenvalue weighted by molar-refractivity contribution is 6.05. The molecule has 55 heavy (non-hydrogen) atoms. The predicted molar refractivity (Wildman–Crippen MR) is 208 cm³/mol. The van der Waals surface area contributed by atoms with Gasteiger partial charge in [-0.2, -0.15) is 0 Å². The minimum absolute atomic E-state index is 0.00322. The lowest BCUT2D eigenvalue weighted by atomic mass is 9.75. The van der Waals surface area contributed by atoms with E-state index in [1.807, 2.05) is 24.3 Å². The molecule has 0 bridgehead atoms. The van der Waals surface area contributed by atoms with Crippen molar-refractivity contribution < 1.29 is 28.6 Å². The van der Waals surface area contributed by atoms with Crippen molar-refractivity contribution in [1.29, 1.82) is 0 Å². The van der Waals surface area contributed by atoms with Crippen molar-refractivity contribution in [2.75, 3.05) is 44.7 Å². The van der Waals surface area contributed by atoms with Gasteiger partial charge in [-0.05, 0) is 92.2 Å². The molecule has 2 N–H and O–H groups in total. The SMILES string of the molecule is Cc1cccc(C2COc3cc(O)ccc3[C@H]2c2ccc(N3CCC(CN(C)CC#Cc4ccc5c(c4)CN(C4CCC(=O)NC4=O)C5=O)CC3)c(F)c2)c1. The second kappa shape index (κ2) is 15.2. The smallest absolute Gasteiger partial charge is 0.255 e. The Labute approximate surface area is 321 Å².